The highest BCUT2D eigenvalue weighted by Crippen LogP contribution is 2.21. The van der Waals surface area contributed by atoms with Crippen LogP contribution in [0.2, 0.25) is 0 Å². The monoisotopic (exact) mass is 258 g/mol. The number of hydrogen-bond acceptors (Lipinski definition) is 3. The van der Waals surface area contributed by atoms with Gasteiger partial charge in [-0.05, 0) is 50.8 Å². The number of pyridine rings is 1. The number of hydrogen-bond donors (Lipinski definition) is 2. The van der Waals surface area contributed by atoms with Gasteiger partial charge in [0.1, 0.15) is 0 Å². The van der Waals surface area contributed by atoms with E-state index in [0.29, 0.717) is 0 Å². The van der Waals surface area contributed by atoms with Gasteiger partial charge in [0.25, 0.3) is 0 Å². The lowest BCUT2D eigenvalue weighted by Gasteiger charge is -2.38. The summed E-state index contributed by atoms with van der Waals surface area (Å²) in [4.78, 5) is 4.11. The van der Waals surface area contributed by atoms with Gasteiger partial charge in [-0.3, -0.25) is 4.98 Å². The molecule has 3 heteroatoms. The normalized spacial score (nSPS) is 12.9. The summed E-state index contributed by atoms with van der Waals surface area (Å²) in [6.45, 7) is 8.41. The number of rotatable bonds is 4. The summed E-state index contributed by atoms with van der Waals surface area (Å²) in [5.41, 5.74) is 0.0876. The van der Waals surface area contributed by atoms with Gasteiger partial charge in [-0.1, -0.05) is 12.1 Å². The minimum atomic E-state index is -0.770. The van der Waals surface area contributed by atoms with Crippen LogP contribution in [-0.4, -0.2) is 21.2 Å². The van der Waals surface area contributed by atoms with Crippen molar-refractivity contribution in [3.63, 3.8) is 0 Å². The first-order valence-electron chi connectivity index (χ1n) is 6.60. The maximum atomic E-state index is 10.1. The number of nitrogens with zero attached hydrogens (tertiary/aromatic N) is 1. The molecule has 3 nitrogen and oxygen atoms in total. The van der Waals surface area contributed by atoms with Gasteiger partial charge in [-0.25, -0.2) is 0 Å². The van der Waals surface area contributed by atoms with Gasteiger partial charge >= 0.3 is 0 Å². The third kappa shape index (κ3) is 3.11. The summed E-state index contributed by atoms with van der Waals surface area (Å²) < 4.78 is 0. The molecule has 0 bridgehead atoms. The maximum absolute atomic E-state index is 10.1. The Morgan fingerprint density at radius 3 is 2.53 bits per heavy atom. The van der Waals surface area contributed by atoms with Crippen LogP contribution < -0.4 is 5.32 Å². The Kier molecular flexibility index (Phi) is 3.61. The molecule has 2 aromatic rings. The Labute approximate surface area is 114 Å². The van der Waals surface area contributed by atoms with Crippen LogP contribution in [0.3, 0.4) is 0 Å². The molecular weight excluding hydrogens is 236 g/mol. The predicted octanol–water partition coefficient (Wildman–Crippen LogP) is 2.87. The fraction of sp³-hybridized carbons (Fsp3) is 0.438. The maximum Gasteiger partial charge on any atom is 0.0767 e. The first kappa shape index (κ1) is 14.0. The lowest BCUT2D eigenvalue weighted by atomic mass is 9.86. The summed E-state index contributed by atoms with van der Waals surface area (Å²) >= 11 is 0. The molecule has 0 aliphatic rings. The van der Waals surface area contributed by atoms with Gasteiger partial charge in [0, 0.05) is 29.9 Å². The molecule has 102 valence electrons. The second kappa shape index (κ2) is 4.91. The molecule has 0 saturated heterocycles. The molecule has 0 spiro atoms. The molecule has 0 fully saturated rings. The third-order valence-electron chi connectivity index (χ3n) is 3.97. The van der Waals surface area contributed by atoms with Crippen molar-refractivity contribution in [3.05, 3.63) is 42.2 Å². The molecule has 0 radical (unpaired) electrons. The van der Waals surface area contributed by atoms with Crippen molar-refractivity contribution in [2.45, 2.75) is 45.4 Å². The average Bonchev–Trinajstić information content (AvgIpc) is 2.35. The van der Waals surface area contributed by atoms with E-state index < -0.39 is 5.60 Å². The minimum absolute atomic E-state index is 0.347. The summed E-state index contributed by atoms with van der Waals surface area (Å²) in [5.74, 6) is 0. The highest BCUT2D eigenvalue weighted by molar-refractivity contribution is 5.81. The molecule has 1 aromatic carbocycles. The van der Waals surface area contributed by atoms with Gasteiger partial charge in [0.15, 0.2) is 0 Å². The van der Waals surface area contributed by atoms with Crippen LogP contribution in [-0.2, 0) is 6.54 Å². The Balaban J connectivity index is 2.14. The highest BCUT2D eigenvalue weighted by Gasteiger charge is 2.34. The SMILES string of the molecule is CC(C)(O)C(C)(C)NCc1ccc2cnccc2c1. The zero-order valence-electron chi connectivity index (χ0n) is 12.1. The molecule has 0 amide bonds. The van der Waals surface area contributed by atoms with Crippen molar-refractivity contribution in [1.82, 2.24) is 10.3 Å². The van der Waals surface area contributed by atoms with E-state index in [1.54, 1.807) is 6.20 Å². The Hall–Kier alpha value is -1.45. The van der Waals surface area contributed by atoms with E-state index in [1.807, 2.05) is 40.0 Å². The van der Waals surface area contributed by atoms with Gasteiger partial charge in [-0.15, -0.1) is 0 Å². The Morgan fingerprint density at radius 2 is 1.84 bits per heavy atom. The largest absolute Gasteiger partial charge is 0.389 e. The third-order valence-corrected chi connectivity index (χ3v) is 3.97. The van der Waals surface area contributed by atoms with E-state index in [2.05, 4.69) is 28.5 Å². The second-order valence-electron chi connectivity index (χ2n) is 6.09. The first-order chi connectivity index (χ1) is 8.79. The van der Waals surface area contributed by atoms with Crippen molar-refractivity contribution >= 4 is 10.8 Å². The molecule has 2 rings (SSSR count). The van der Waals surface area contributed by atoms with Crippen LogP contribution in [0.25, 0.3) is 10.8 Å². The number of aromatic nitrogens is 1. The summed E-state index contributed by atoms with van der Waals surface area (Å²) in [5, 5.41) is 15.9. The standard InChI is InChI=1S/C16H22N2O/c1-15(2,16(3,4)19)18-10-12-5-6-14-11-17-8-7-13(14)9-12/h5-9,11,18-19H,10H2,1-4H3. The van der Waals surface area contributed by atoms with E-state index in [9.17, 15) is 5.11 Å². The topological polar surface area (TPSA) is 45.1 Å². The lowest BCUT2D eigenvalue weighted by Crippen LogP contribution is -2.55. The van der Waals surface area contributed by atoms with Crippen molar-refractivity contribution in [2.75, 3.05) is 0 Å². The van der Waals surface area contributed by atoms with Gasteiger partial charge in [-0.2, -0.15) is 0 Å². The molecular formula is C16H22N2O. The fourth-order valence-corrected chi connectivity index (χ4v) is 1.78. The Morgan fingerprint density at radius 1 is 1.11 bits per heavy atom. The average molecular weight is 258 g/mol. The number of aliphatic hydroxyl groups is 1. The molecule has 0 aliphatic heterocycles. The van der Waals surface area contributed by atoms with Crippen LogP contribution in [0.15, 0.2) is 36.7 Å². The van der Waals surface area contributed by atoms with Crippen molar-refractivity contribution < 1.29 is 5.11 Å². The van der Waals surface area contributed by atoms with Gasteiger partial charge < -0.3 is 10.4 Å². The van der Waals surface area contributed by atoms with E-state index in [-0.39, 0.29) is 5.54 Å². The quantitative estimate of drug-likeness (QED) is 0.886. The number of fused-ring (bicyclic) bond motifs is 1. The summed E-state index contributed by atoms with van der Waals surface area (Å²) in [7, 11) is 0. The van der Waals surface area contributed by atoms with Crippen molar-refractivity contribution in [1.29, 1.82) is 0 Å². The molecule has 2 N–H and O–H groups in total. The van der Waals surface area contributed by atoms with Gasteiger partial charge in [0.05, 0.1) is 5.60 Å². The van der Waals surface area contributed by atoms with E-state index in [1.165, 1.54) is 10.9 Å². The van der Waals surface area contributed by atoms with Gasteiger partial charge in [0.2, 0.25) is 0 Å². The van der Waals surface area contributed by atoms with E-state index in [4.69, 9.17) is 0 Å². The van der Waals surface area contributed by atoms with Crippen molar-refractivity contribution in [2.24, 2.45) is 0 Å². The molecule has 0 atom stereocenters. The molecule has 1 aromatic heterocycles. The zero-order chi connectivity index (χ0) is 14.1. The second-order valence-corrected chi connectivity index (χ2v) is 6.09. The van der Waals surface area contributed by atoms with Crippen molar-refractivity contribution in [3.8, 4) is 0 Å². The summed E-state index contributed by atoms with van der Waals surface area (Å²) in [6, 6.07) is 8.35. The van der Waals surface area contributed by atoms with E-state index in [0.717, 1.165) is 11.9 Å². The van der Waals surface area contributed by atoms with Crippen LogP contribution in [0, 0.1) is 0 Å². The molecule has 0 unspecified atom stereocenters. The lowest BCUT2D eigenvalue weighted by molar-refractivity contribution is -0.00531. The van der Waals surface area contributed by atoms with Crippen LogP contribution in [0.1, 0.15) is 33.3 Å². The highest BCUT2D eigenvalue weighted by atomic mass is 16.3. The minimum Gasteiger partial charge on any atom is -0.389 e. The van der Waals surface area contributed by atoms with Crippen LogP contribution >= 0.6 is 0 Å². The smallest absolute Gasteiger partial charge is 0.0767 e. The molecule has 1 heterocycles. The Bertz CT molecular complexity index is 570. The van der Waals surface area contributed by atoms with Crippen LogP contribution in [0.4, 0.5) is 0 Å². The first-order valence-corrected chi connectivity index (χ1v) is 6.60. The number of nitrogens with one attached hydrogen (secondary N) is 1. The zero-order valence-corrected chi connectivity index (χ0v) is 12.1. The number of benzene rings is 1. The molecule has 0 saturated carbocycles. The predicted molar refractivity (Wildman–Crippen MR) is 79.0 cm³/mol. The summed E-state index contributed by atoms with van der Waals surface area (Å²) in [6.07, 6.45) is 3.67. The molecule has 0 aliphatic carbocycles. The molecule has 19 heavy (non-hydrogen) atoms. The van der Waals surface area contributed by atoms with Crippen LogP contribution in [0.5, 0.6) is 0 Å². The van der Waals surface area contributed by atoms with E-state index >= 15 is 0 Å². The fourth-order valence-electron chi connectivity index (χ4n) is 1.78.